The summed E-state index contributed by atoms with van der Waals surface area (Å²) >= 11 is 5.80. The maximum Gasteiger partial charge on any atom is 0.316 e. The van der Waals surface area contributed by atoms with Gasteiger partial charge in [-0.25, -0.2) is 0 Å². The third-order valence-electron chi connectivity index (χ3n) is 4.15. The highest BCUT2D eigenvalue weighted by Crippen LogP contribution is 2.12. The van der Waals surface area contributed by atoms with Gasteiger partial charge in [0.15, 0.2) is 0 Å². The zero-order chi connectivity index (χ0) is 20.3. The van der Waals surface area contributed by atoms with Crippen LogP contribution in [-0.2, 0) is 17.8 Å². The first-order valence-corrected chi connectivity index (χ1v) is 8.87. The summed E-state index contributed by atoms with van der Waals surface area (Å²) < 4.78 is 1.32. The van der Waals surface area contributed by atoms with Crippen LogP contribution in [0.1, 0.15) is 22.8 Å². The molecular formula is C19H17ClN4O4. The SMILES string of the molecule is CCn1c(=O)c(=O)[nH]c2cc(C(=O)NNC(=O)Cc3ccc(Cl)cc3)ccc21. The minimum atomic E-state index is -0.761. The molecule has 1 heterocycles. The van der Waals surface area contributed by atoms with Crippen molar-refractivity contribution in [3.8, 4) is 0 Å². The molecule has 1 aromatic heterocycles. The Balaban J connectivity index is 1.72. The molecule has 0 saturated carbocycles. The summed E-state index contributed by atoms with van der Waals surface area (Å²) in [6, 6.07) is 11.3. The second-order valence-corrected chi connectivity index (χ2v) is 6.48. The number of aromatic nitrogens is 2. The van der Waals surface area contributed by atoms with E-state index >= 15 is 0 Å². The molecule has 0 aliphatic carbocycles. The van der Waals surface area contributed by atoms with Crippen molar-refractivity contribution in [2.75, 3.05) is 0 Å². The fourth-order valence-corrected chi connectivity index (χ4v) is 2.89. The molecule has 144 valence electrons. The van der Waals surface area contributed by atoms with Gasteiger partial charge in [-0.2, -0.15) is 0 Å². The number of carbonyl (C=O) groups excluding carboxylic acids is 2. The number of hydrazine groups is 1. The van der Waals surface area contributed by atoms with Gasteiger partial charge in [-0.3, -0.25) is 30.0 Å². The van der Waals surface area contributed by atoms with Gasteiger partial charge in [0.2, 0.25) is 5.91 Å². The number of aromatic amines is 1. The van der Waals surface area contributed by atoms with Gasteiger partial charge in [-0.15, -0.1) is 0 Å². The van der Waals surface area contributed by atoms with E-state index in [-0.39, 0.29) is 12.0 Å². The number of H-pyrrole nitrogens is 1. The van der Waals surface area contributed by atoms with Gasteiger partial charge in [0.1, 0.15) is 0 Å². The van der Waals surface area contributed by atoms with Crippen molar-refractivity contribution in [3.63, 3.8) is 0 Å². The summed E-state index contributed by atoms with van der Waals surface area (Å²) in [6.07, 6.45) is 0.0747. The van der Waals surface area contributed by atoms with Crippen LogP contribution < -0.4 is 22.0 Å². The van der Waals surface area contributed by atoms with Gasteiger partial charge in [-0.1, -0.05) is 23.7 Å². The number of nitrogens with one attached hydrogen (secondary N) is 3. The van der Waals surface area contributed by atoms with Crippen LogP contribution in [0.25, 0.3) is 11.0 Å². The summed E-state index contributed by atoms with van der Waals surface area (Å²) in [4.78, 5) is 50.3. The highest BCUT2D eigenvalue weighted by Gasteiger charge is 2.12. The molecule has 9 heteroatoms. The van der Waals surface area contributed by atoms with Crippen LogP contribution >= 0.6 is 11.6 Å². The van der Waals surface area contributed by atoms with E-state index in [4.69, 9.17) is 11.6 Å². The second kappa shape index (κ2) is 8.10. The van der Waals surface area contributed by atoms with E-state index < -0.39 is 22.9 Å². The van der Waals surface area contributed by atoms with Crippen molar-refractivity contribution in [3.05, 3.63) is 79.3 Å². The van der Waals surface area contributed by atoms with E-state index in [2.05, 4.69) is 15.8 Å². The third kappa shape index (κ3) is 4.12. The van der Waals surface area contributed by atoms with Crippen molar-refractivity contribution >= 4 is 34.4 Å². The first kappa shape index (κ1) is 19.4. The molecule has 0 bridgehead atoms. The first-order valence-electron chi connectivity index (χ1n) is 8.49. The number of benzene rings is 2. The van der Waals surface area contributed by atoms with E-state index in [0.29, 0.717) is 22.6 Å². The Morgan fingerprint density at radius 3 is 2.46 bits per heavy atom. The number of halogens is 1. The maximum atomic E-state index is 12.3. The van der Waals surface area contributed by atoms with E-state index in [9.17, 15) is 19.2 Å². The number of fused-ring (bicyclic) bond motifs is 1. The molecule has 3 N–H and O–H groups in total. The summed E-state index contributed by atoms with van der Waals surface area (Å²) in [6.45, 7) is 2.07. The summed E-state index contributed by atoms with van der Waals surface area (Å²) in [7, 11) is 0. The van der Waals surface area contributed by atoms with Gasteiger partial charge in [0.05, 0.1) is 17.5 Å². The Hall–Kier alpha value is -3.39. The zero-order valence-electron chi connectivity index (χ0n) is 14.9. The van der Waals surface area contributed by atoms with E-state index in [0.717, 1.165) is 5.56 Å². The van der Waals surface area contributed by atoms with Gasteiger partial charge >= 0.3 is 11.1 Å². The van der Waals surface area contributed by atoms with E-state index in [1.165, 1.54) is 16.7 Å². The molecule has 0 spiro atoms. The highest BCUT2D eigenvalue weighted by molar-refractivity contribution is 6.30. The topological polar surface area (TPSA) is 113 Å². The van der Waals surface area contributed by atoms with Crippen LogP contribution in [0.2, 0.25) is 5.02 Å². The van der Waals surface area contributed by atoms with Gasteiger partial charge in [0.25, 0.3) is 5.91 Å². The molecule has 3 aromatic rings. The lowest BCUT2D eigenvalue weighted by molar-refractivity contribution is -0.121. The van der Waals surface area contributed by atoms with Crippen molar-refractivity contribution in [1.82, 2.24) is 20.4 Å². The molecule has 0 aliphatic heterocycles. The highest BCUT2D eigenvalue weighted by atomic mass is 35.5. The maximum absolute atomic E-state index is 12.3. The fourth-order valence-electron chi connectivity index (χ4n) is 2.76. The minimum absolute atomic E-state index is 0.0747. The van der Waals surface area contributed by atoms with Crippen LogP contribution in [0, 0.1) is 0 Å². The molecule has 3 rings (SSSR count). The van der Waals surface area contributed by atoms with E-state index in [1.807, 2.05) is 0 Å². The monoisotopic (exact) mass is 400 g/mol. The predicted octanol–water partition coefficient (Wildman–Crippen LogP) is 1.37. The third-order valence-corrected chi connectivity index (χ3v) is 4.40. The summed E-state index contributed by atoms with van der Waals surface area (Å²) in [5, 5.41) is 0.570. The van der Waals surface area contributed by atoms with Crippen LogP contribution in [0.4, 0.5) is 0 Å². The molecule has 28 heavy (non-hydrogen) atoms. The Bertz CT molecular complexity index is 1170. The Morgan fingerprint density at radius 2 is 1.79 bits per heavy atom. The first-order chi connectivity index (χ1) is 13.4. The molecule has 0 radical (unpaired) electrons. The molecule has 0 aliphatic rings. The number of hydrogen-bond acceptors (Lipinski definition) is 4. The van der Waals surface area contributed by atoms with Crippen molar-refractivity contribution in [2.45, 2.75) is 19.9 Å². The fraction of sp³-hybridized carbons (Fsp3) is 0.158. The lowest BCUT2D eigenvalue weighted by Gasteiger charge is -2.10. The second-order valence-electron chi connectivity index (χ2n) is 6.04. The molecule has 0 saturated heterocycles. The average molecular weight is 401 g/mol. The molecule has 0 unspecified atom stereocenters. The van der Waals surface area contributed by atoms with Gasteiger partial charge in [0, 0.05) is 17.1 Å². The Labute approximate surface area is 164 Å². The van der Waals surface area contributed by atoms with Crippen LogP contribution in [-0.4, -0.2) is 21.4 Å². The Morgan fingerprint density at radius 1 is 1.07 bits per heavy atom. The van der Waals surface area contributed by atoms with Gasteiger partial charge < -0.3 is 9.55 Å². The van der Waals surface area contributed by atoms with Crippen LogP contribution in [0.15, 0.2) is 52.1 Å². The number of amides is 2. The number of nitrogens with zero attached hydrogens (tertiary/aromatic N) is 1. The van der Waals surface area contributed by atoms with Crippen molar-refractivity contribution in [2.24, 2.45) is 0 Å². The van der Waals surface area contributed by atoms with Crippen molar-refractivity contribution < 1.29 is 9.59 Å². The molecule has 8 nitrogen and oxygen atoms in total. The summed E-state index contributed by atoms with van der Waals surface area (Å²) in [5.41, 5.74) is 5.08. The lowest BCUT2D eigenvalue weighted by atomic mass is 10.1. The lowest BCUT2D eigenvalue weighted by Crippen LogP contribution is -2.42. The predicted molar refractivity (Wildman–Crippen MR) is 105 cm³/mol. The largest absolute Gasteiger partial charge is 0.316 e. The average Bonchev–Trinajstić information content (AvgIpc) is 2.68. The van der Waals surface area contributed by atoms with Crippen LogP contribution in [0.5, 0.6) is 0 Å². The van der Waals surface area contributed by atoms with Crippen molar-refractivity contribution in [1.29, 1.82) is 0 Å². The molecule has 2 amide bonds. The molecule has 0 fully saturated rings. The number of hydrogen-bond donors (Lipinski definition) is 3. The van der Waals surface area contributed by atoms with Crippen LogP contribution in [0.3, 0.4) is 0 Å². The standard InChI is InChI=1S/C19H17ClN4O4/c1-2-24-15-8-5-12(10-14(15)21-18(27)19(24)28)17(26)23-22-16(25)9-11-3-6-13(20)7-4-11/h3-8,10H,2,9H2,1H3,(H,21,27)(H,22,25)(H,23,26). The summed E-state index contributed by atoms with van der Waals surface area (Å²) in [5.74, 6) is -0.953. The number of carbonyl (C=O) groups is 2. The Kier molecular flexibility index (Phi) is 5.60. The normalized spacial score (nSPS) is 10.6. The number of rotatable bonds is 4. The number of aryl methyl sites for hydroxylation is 1. The minimum Gasteiger partial charge on any atom is -0.316 e. The molecule has 2 aromatic carbocycles. The van der Waals surface area contributed by atoms with E-state index in [1.54, 1.807) is 37.3 Å². The zero-order valence-corrected chi connectivity index (χ0v) is 15.7. The molecular weight excluding hydrogens is 384 g/mol. The van der Waals surface area contributed by atoms with Gasteiger partial charge in [-0.05, 0) is 42.8 Å². The smallest absolute Gasteiger partial charge is 0.316 e. The quantitative estimate of drug-likeness (QED) is 0.453. The molecule has 0 atom stereocenters.